The number of alkyl halides is 2. The maximum Gasteiger partial charge on any atom is 0.284 e. The van der Waals surface area contributed by atoms with Gasteiger partial charge in [0.05, 0.1) is 60.8 Å². The molecule has 3 aromatic heterocycles. The maximum absolute atomic E-state index is 14.4. The number of fused-ring (bicyclic) bond motifs is 2. The van der Waals surface area contributed by atoms with Gasteiger partial charge in [0.15, 0.2) is 11.3 Å². The summed E-state index contributed by atoms with van der Waals surface area (Å²) in [6.07, 6.45) is 5.89. The molecule has 3 unspecified atom stereocenters. The molecule has 3 amide bonds. The zero-order chi connectivity index (χ0) is 46.6. The molecular weight excluding hydrogens is 869 g/mol. The molecular formula is C46H61F2N13O6. The summed E-state index contributed by atoms with van der Waals surface area (Å²) in [5.74, 6) is -0.0616. The van der Waals surface area contributed by atoms with E-state index in [1.807, 2.05) is 31.3 Å². The number of hydrogen-bond acceptors (Lipinski definition) is 15. The first-order valence-corrected chi connectivity index (χ1v) is 23.7. The second-order valence-electron chi connectivity index (χ2n) is 19.1. The van der Waals surface area contributed by atoms with Crippen LogP contribution in [0.5, 0.6) is 0 Å². The van der Waals surface area contributed by atoms with E-state index in [2.05, 4.69) is 47.4 Å². The first-order chi connectivity index (χ1) is 32.4. The zero-order valence-electron chi connectivity index (χ0n) is 38.4. The smallest absolute Gasteiger partial charge is 0.284 e. The van der Waals surface area contributed by atoms with Gasteiger partial charge in [0, 0.05) is 85.3 Å². The van der Waals surface area contributed by atoms with Crippen LogP contribution in [0.2, 0.25) is 0 Å². The second kappa shape index (κ2) is 18.5. The van der Waals surface area contributed by atoms with E-state index in [4.69, 9.17) is 14.5 Å². The molecule has 1 saturated carbocycles. The van der Waals surface area contributed by atoms with Crippen LogP contribution in [-0.4, -0.2) is 167 Å². The molecule has 4 saturated heterocycles. The van der Waals surface area contributed by atoms with Crippen molar-refractivity contribution in [2.75, 3.05) is 111 Å². The fourth-order valence-electron chi connectivity index (χ4n) is 11.1. The number of halogens is 2. The minimum absolute atomic E-state index is 0.00582. The summed E-state index contributed by atoms with van der Waals surface area (Å²) in [5.41, 5.74) is 2.32. The number of piperidine rings is 1. The van der Waals surface area contributed by atoms with Gasteiger partial charge in [0.25, 0.3) is 12.3 Å². The Bertz CT molecular complexity index is 2460. The van der Waals surface area contributed by atoms with Crippen molar-refractivity contribution in [3.05, 3.63) is 54.1 Å². The van der Waals surface area contributed by atoms with Crippen molar-refractivity contribution >= 4 is 51.9 Å². The zero-order valence-corrected chi connectivity index (χ0v) is 38.4. The molecule has 8 heterocycles. The number of rotatable bonds is 13. The van der Waals surface area contributed by atoms with Crippen LogP contribution in [0.15, 0.2) is 42.9 Å². The highest BCUT2D eigenvalue weighted by atomic mass is 19.3. The third-order valence-electron chi connectivity index (χ3n) is 14.9. The van der Waals surface area contributed by atoms with Gasteiger partial charge in [0.1, 0.15) is 23.0 Å². The van der Waals surface area contributed by atoms with Crippen molar-refractivity contribution in [3.8, 4) is 0 Å². The molecule has 360 valence electrons. The quantitative estimate of drug-likeness (QED) is 0.166. The average Bonchev–Trinajstić information content (AvgIpc) is 4.02. The van der Waals surface area contributed by atoms with Crippen molar-refractivity contribution in [2.24, 2.45) is 5.92 Å². The van der Waals surface area contributed by atoms with Crippen LogP contribution < -0.4 is 30.2 Å². The molecule has 67 heavy (non-hydrogen) atoms. The lowest BCUT2D eigenvalue weighted by Gasteiger charge is -2.53. The summed E-state index contributed by atoms with van der Waals surface area (Å²) >= 11 is 0. The monoisotopic (exact) mass is 929 g/mol. The Morgan fingerprint density at radius 2 is 1.79 bits per heavy atom. The van der Waals surface area contributed by atoms with Gasteiger partial charge < -0.3 is 44.4 Å². The highest BCUT2D eigenvalue weighted by Crippen LogP contribution is 2.48. The molecule has 1 aliphatic carbocycles. The number of nitrogens with zero attached hydrogens (tertiary/aromatic N) is 11. The minimum atomic E-state index is -2.86. The number of amides is 3. The van der Waals surface area contributed by atoms with E-state index in [1.165, 1.54) is 10.7 Å². The Hall–Kier alpha value is -5.48. The van der Waals surface area contributed by atoms with Gasteiger partial charge >= 0.3 is 0 Å². The fraction of sp³-hybridized carbons (Fsp3) is 0.609. The molecule has 0 spiro atoms. The van der Waals surface area contributed by atoms with E-state index in [-0.39, 0.29) is 41.3 Å². The average molecular weight is 930 g/mol. The number of anilines is 5. The van der Waals surface area contributed by atoms with Crippen LogP contribution in [0.3, 0.4) is 0 Å². The van der Waals surface area contributed by atoms with Crippen molar-refractivity contribution in [2.45, 2.75) is 88.4 Å². The van der Waals surface area contributed by atoms with Crippen molar-refractivity contribution in [3.63, 3.8) is 0 Å². The van der Waals surface area contributed by atoms with E-state index < -0.39 is 36.3 Å². The molecule has 10 rings (SSSR count). The van der Waals surface area contributed by atoms with Crippen molar-refractivity contribution in [1.29, 1.82) is 0 Å². The number of hydrogen-bond donors (Lipinski definition) is 3. The number of aromatic nitrogens is 5. The Balaban J connectivity index is 0.703. The van der Waals surface area contributed by atoms with E-state index in [9.17, 15) is 28.3 Å². The number of para-hydroxylation sites is 1. The van der Waals surface area contributed by atoms with E-state index in [0.717, 1.165) is 88.4 Å². The molecule has 3 N–H and O–H groups in total. The predicted octanol–water partition coefficient (Wildman–Crippen LogP) is 3.32. The number of benzene rings is 1. The molecule has 0 bridgehead atoms. The van der Waals surface area contributed by atoms with Crippen LogP contribution in [0.25, 0.3) is 5.65 Å². The number of aliphatic hydroxyl groups excluding tert-OH is 1. The molecule has 6 aliphatic rings. The molecule has 1 aromatic carbocycles. The summed E-state index contributed by atoms with van der Waals surface area (Å²) in [5, 5.41) is 25.0. The Morgan fingerprint density at radius 1 is 1.03 bits per heavy atom. The summed E-state index contributed by atoms with van der Waals surface area (Å²) in [6.45, 7) is 10.9. The third-order valence-corrected chi connectivity index (χ3v) is 14.9. The molecule has 4 aromatic rings. The van der Waals surface area contributed by atoms with E-state index >= 15 is 0 Å². The number of aliphatic hydroxyl groups is 1. The van der Waals surface area contributed by atoms with Crippen molar-refractivity contribution in [1.82, 2.24) is 39.5 Å². The van der Waals surface area contributed by atoms with Gasteiger partial charge in [0.2, 0.25) is 18.2 Å². The van der Waals surface area contributed by atoms with Crippen LogP contribution >= 0.6 is 0 Å². The molecule has 0 radical (unpaired) electrons. The van der Waals surface area contributed by atoms with Gasteiger partial charge in [-0.05, 0) is 62.6 Å². The molecule has 3 atom stereocenters. The minimum Gasteiger partial charge on any atom is -0.375 e. The number of methoxy groups -OCH3 is 1. The molecule has 19 nitrogen and oxygen atoms in total. The lowest BCUT2D eigenvalue weighted by atomic mass is 9.85. The largest absolute Gasteiger partial charge is 0.375 e. The van der Waals surface area contributed by atoms with Gasteiger partial charge in [-0.25, -0.2) is 18.3 Å². The standard InChI is InChI=1S/C46H61F2N13O6/c1-4-31-24-57(20-21-67-31)37-14-15-59-42(51-37)32(22-49-59)43(63)50-33-25-60(53-39(33)41(47)48)30-10-8-29(9-11-30)23-55-16-18-56(19-17-55)26-46(66-3)27-58(28-46)34-6-5-7-35-40(34)54(2)45(65)61(35)36-12-13-38(62)52-44(36)64/h5-7,14-15,22,25,29-31,36,41,45,65H,4,8-13,16-21,23-24,26-28H2,1-3H3,(H,50,63)(H,52,62,64)/t29-,30-,31?,36?,45?. The summed E-state index contributed by atoms with van der Waals surface area (Å²) in [6, 6.07) is 7.07. The molecule has 5 aliphatic heterocycles. The number of ether oxygens (including phenoxy) is 2. The SMILES string of the molecule is CCC1CN(c2ccn3ncc(C(=O)Nc4cn([C@H]5CC[C@H](CN6CCN(CC7(OC)CN(c8cccc9c8N(C)C(O)N9C8CCC(=O)NC8=O)C7)CC6)CC5)nc4C(F)F)c3n2)CCO1. The number of carbonyl (C=O) groups excluding carboxylic acids is 3. The van der Waals surface area contributed by atoms with Crippen LogP contribution in [-0.2, 0) is 19.1 Å². The number of morpholine rings is 1. The highest BCUT2D eigenvalue weighted by Gasteiger charge is 2.49. The summed E-state index contributed by atoms with van der Waals surface area (Å²) in [7, 11) is 3.60. The maximum atomic E-state index is 14.4. The lowest BCUT2D eigenvalue weighted by molar-refractivity contribution is -0.134. The van der Waals surface area contributed by atoms with E-state index in [0.29, 0.717) is 56.6 Å². The van der Waals surface area contributed by atoms with Gasteiger partial charge in [-0.3, -0.25) is 29.3 Å². The van der Waals surface area contributed by atoms with E-state index in [1.54, 1.807) is 34.0 Å². The number of piperazine rings is 1. The third kappa shape index (κ3) is 8.79. The first kappa shape index (κ1) is 45.3. The fourth-order valence-corrected chi connectivity index (χ4v) is 11.1. The summed E-state index contributed by atoms with van der Waals surface area (Å²) < 4.78 is 43.9. The van der Waals surface area contributed by atoms with Gasteiger partial charge in [-0.2, -0.15) is 10.2 Å². The lowest BCUT2D eigenvalue weighted by Crippen LogP contribution is -2.68. The predicted molar refractivity (Wildman–Crippen MR) is 246 cm³/mol. The van der Waals surface area contributed by atoms with Crippen LogP contribution in [0.1, 0.15) is 80.4 Å². The number of carbonyl (C=O) groups is 3. The molecule has 21 heteroatoms. The topological polar surface area (TPSA) is 181 Å². The Labute approximate surface area is 387 Å². The van der Waals surface area contributed by atoms with Crippen LogP contribution in [0.4, 0.5) is 37.3 Å². The summed E-state index contributed by atoms with van der Waals surface area (Å²) in [4.78, 5) is 55.9. The second-order valence-corrected chi connectivity index (χ2v) is 19.1. The van der Waals surface area contributed by atoms with Gasteiger partial charge in [-0.15, -0.1) is 0 Å². The number of imide groups is 1. The van der Waals surface area contributed by atoms with Crippen LogP contribution in [0, 0.1) is 5.92 Å². The first-order valence-electron chi connectivity index (χ1n) is 23.7. The normalized spacial score (nSPS) is 26.0. The number of nitrogens with one attached hydrogen (secondary N) is 2. The Morgan fingerprint density at radius 3 is 2.52 bits per heavy atom. The van der Waals surface area contributed by atoms with Gasteiger partial charge in [-0.1, -0.05) is 13.0 Å². The highest BCUT2D eigenvalue weighted by molar-refractivity contribution is 6.08. The van der Waals surface area contributed by atoms with Crippen molar-refractivity contribution < 1.29 is 37.7 Å². The Kier molecular flexibility index (Phi) is 12.5. The molecule has 5 fully saturated rings.